The van der Waals surface area contributed by atoms with Gasteiger partial charge in [0.05, 0.1) is 0 Å². The number of nitrogens with zero attached hydrogens (tertiary/aromatic N) is 2. The van der Waals surface area contributed by atoms with E-state index in [1.807, 2.05) is 6.92 Å². The Morgan fingerprint density at radius 1 is 1.58 bits per heavy atom. The molecular formula is C8H10ClFN2. The average molecular weight is 189 g/mol. The largest absolute Gasteiger partial charge is 0.256 e. The zero-order chi connectivity index (χ0) is 8.93. The number of aromatic nitrogens is 2. The molecule has 1 aliphatic rings. The molecule has 1 fully saturated rings. The summed E-state index contributed by atoms with van der Waals surface area (Å²) in [7, 11) is 1.73. The van der Waals surface area contributed by atoms with E-state index in [9.17, 15) is 4.39 Å². The molecule has 0 atom stereocenters. The molecule has 0 amide bonds. The van der Waals surface area contributed by atoms with Crippen LogP contribution in [0.4, 0.5) is 4.39 Å². The molecule has 1 saturated carbocycles. The monoisotopic (exact) mass is 188 g/mol. The number of hydrogen-bond acceptors (Lipinski definition) is 1. The molecule has 1 aliphatic carbocycles. The predicted octanol–water partition coefficient (Wildman–Crippen LogP) is 2.34. The summed E-state index contributed by atoms with van der Waals surface area (Å²) in [6.45, 7) is 1.81. The molecule has 1 aromatic heterocycles. The molecule has 0 aliphatic heterocycles. The Balaban J connectivity index is 2.51. The van der Waals surface area contributed by atoms with Gasteiger partial charge in [-0.25, -0.2) is 4.39 Å². The molecule has 4 heteroatoms. The summed E-state index contributed by atoms with van der Waals surface area (Å²) in [4.78, 5) is 0. The fourth-order valence-corrected chi connectivity index (χ4v) is 1.51. The maximum absolute atomic E-state index is 13.6. The van der Waals surface area contributed by atoms with Crippen molar-refractivity contribution in [3.05, 3.63) is 16.4 Å². The van der Waals surface area contributed by atoms with Gasteiger partial charge in [-0.1, -0.05) is 11.6 Å². The predicted molar refractivity (Wildman–Crippen MR) is 45.0 cm³/mol. The molecule has 2 nitrogen and oxygen atoms in total. The summed E-state index contributed by atoms with van der Waals surface area (Å²) in [5.74, 6) is 0. The maximum atomic E-state index is 13.6. The van der Waals surface area contributed by atoms with Crippen LogP contribution in [0.25, 0.3) is 0 Å². The minimum absolute atomic E-state index is 0.523. The Hall–Kier alpha value is -0.570. The van der Waals surface area contributed by atoms with Gasteiger partial charge in [0.1, 0.15) is 10.8 Å². The highest BCUT2D eigenvalue weighted by Crippen LogP contribution is 2.50. The van der Waals surface area contributed by atoms with Gasteiger partial charge in [0.2, 0.25) is 0 Å². The second-order valence-electron chi connectivity index (χ2n) is 3.35. The maximum Gasteiger partial charge on any atom is 0.155 e. The van der Waals surface area contributed by atoms with Gasteiger partial charge in [0.25, 0.3) is 0 Å². The molecule has 0 saturated heterocycles. The van der Waals surface area contributed by atoms with Crippen LogP contribution in [-0.2, 0) is 12.7 Å². The first kappa shape index (κ1) is 8.05. The fraction of sp³-hybridized carbons (Fsp3) is 0.625. The molecule has 0 aromatic carbocycles. The average Bonchev–Trinajstić information content (AvgIpc) is 2.71. The molecule has 12 heavy (non-hydrogen) atoms. The lowest BCUT2D eigenvalue weighted by atomic mass is 10.2. The van der Waals surface area contributed by atoms with Crippen LogP contribution in [0.2, 0.25) is 5.15 Å². The van der Waals surface area contributed by atoms with Crippen molar-refractivity contribution in [2.24, 2.45) is 7.05 Å². The number of hydrogen-bond donors (Lipinski definition) is 0. The van der Waals surface area contributed by atoms with Crippen molar-refractivity contribution in [1.29, 1.82) is 0 Å². The summed E-state index contributed by atoms with van der Waals surface area (Å²) in [5, 5.41) is 4.59. The minimum Gasteiger partial charge on any atom is -0.256 e. The van der Waals surface area contributed by atoms with Gasteiger partial charge < -0.3 is 0 Å². The Labute approximate surface area is 75.3 Å². The lowest BCUT2D eigenvalue weighted by Crippen LogP contribution is -2.01. The van der Waals surface area contributed by atoms with Gasteiger partial charge in [0.15, 0.2) is 5.67 Å². The van der Waals surface area contributed by atoms with E-state index in [2.05, 4.69) is 5.10 Å². The van der Waals surface area contributed by atoms with E-state index in [0.29, 0.717) is 23.7 Å². The van der Waals surface area contributed by atoms with Gasteiger partial charge in [-0.3, -0.25) is 4.68 Å². The van der Waals surface area contributed by atoms with E-state index in [4.69, 9.17) is 11.6 Å². The second-order valence-corrected chi connectivity index (χ2v) is 3.71. The van der Waals surface area contributed by atoms with E-state index in [0.717, 1.165) is 5.56 Å². The number of alkyl halides is 1. The van der Waals surface area contributed by atoms with Gasteiger partial charge in [-0.05, 0) is 19.8 Å². The summed E-state index contributed by atoms with van der Waals surface area (Å²) < 4.78 is 15.1. The van der Waals surface area contributed by atoms with E-state index in [1.165, 1.54) is 4.68 Å². The fourth-order valence-electron chi connectivity index (χ4n) is 1.38. The van der Waals surface area contributed by atoms with Crippen LogP contribution in [0.15, 0.2) is 0 Å². The molecule has 1 heterocycles. The molecule has 66 valence electrons. The topological polar surface area (TPSA) is 17.8 Å². The molecule has 0 spiro atoms. The molecule has 0 unspecified atom stereocenters. The van der Waals surface area contributed by atoms with E-state index in [-0.39, 0.29) is 0 Å². The minimum atomic E-state index is -1.17. The summed E-state index contributed by atoms with van der Waals surface area (Å²) in [6.07, 6.45) is 1.17. The second kappa shape index (κ2) is 2.22. The molecular weight excluding hydrogens is 179 g/mol. The number of halogens is 2. The van der Waals surface area contributed by atoms with Crippen molar-refractivity contribution in [1.82, 2.24) is 9.78 Å². The summed E-state index contributed by atoms with van der Waals surface area (Å²) in [6, 6.07) is 0. The third-order valence-corrected chi connectivity index (χ3v) is 2.84. The Kier molecular flexibility index (Phi) is 1.49. The normalized spacial score (nSPS) is 19.7. The first-order valence-corrected chi connectivity index (χ1v) is 4.31. The van der Waals surface area contributed by atoms with Crippen molar-refractivity contribution >= 4 is 11.6 Å². The van der Waals surface area contributed by atoms with E-state index in [1.54, 1.807) is 7.05 Å². The van der Waals surface area contributed by atoms with E-state index < -0.39 is 5.67 Å². The zero-order valence-electron chi connectivity index (χ0n) is 7.06. The van der Waals surface area contributed by atoms with Crippen molar-refractivity contribution < 1.29 is 4.39 Å². The van der Waals surface area contributed by atoms with Gasteiger partial charge in [0, 0.05) is 12.6 Å². The van der Waals surface area contributed by atoms with Gasteiger partial charge in [-0.15, -0.1) is 0 Å². The Morgan fingerprint density at radius 3 is 2.50 bits per heavy atom. The quantitative estimate of drug-likeness (QED) is 0.662. The molecule has 0 radical (unpaired) electrons. The molecule has 0 bridgehead atoms. The Morgan fingerprint density at radius 2 is 2.17 bits per heavy atom. The van der Waals surface area contributed by atoms with Crippen LogP contribution >= 0.6 is 11.6 Å². The smallest absolute Gasteiger partial charge is 0.155 e. The first-order valence-electron chi connectivity index (χ1n) is 3.93. The summed E-state index contributed by atoms with van der Waals surface area (Å²) >= 11 is 5.87. The van der Waals surface area contributed by atoms with Crippen LogP contribution < -0.4 is 0 Å². The molecule has 1 aromatic rings. The highest BCUT2D eigenvalue weighted by molar-refractivity contribution is 6.30. The SMILES string of the molecule is Cc1c(C2(F)CC2)nn(C)c1Cl. The zero-order valence-corrected chi connectivity index (χ0v) is 7.82. The van der Waals surface area contributed by atoms with Gasteiger partial charge >= 0.3 is 0 Å². The third-order valence-electron chi connectivity index (χ3n) is 2.31. The Bertz CT molecular complexity index is 328. The molecule has 0 N–H and O–H groups in total. The van der Waals surface area contributed by atoms with Gasteiger partial charge in [-0.2, -0.15) is 5.10 Å². The number of rotatable bonds is 1. The first-order chi connectivity index (χ1) is 5.54. The summed E-state index contributed by atoms with van der Waals surface area (Å²) in [5.41, 5.74) is 0.129. The van der Waals surface area contributed by atoms with Crippen molar-refractivity contribution in [2.75, 3.05) is 0 Å². The van der Waals surface area contributed by atoms with E-state index >= 15 is 0 Å². The lowest BCUT2D eigenvalue weighted by Gasteiger charge is -1.99. The molecule has 2 rings (SSSR count). The van der Waals surface area contributed by atoms with Crippen LogP contribution in [-0.4, -0.2) is 9.78 Å². The third kappa shape index (κ3) is 0.959. The van der Waals surface area contributed by atoms with Crippen LogP contribution in [0, 0.1) is 6.92 Å². The lowest BCUT2D eigenvalue weighted by molar-refractivity contribution is 0.306. The van der Waals surface area contributed by atoms with Crippen molar-refractivity contribution in [2.45, 2.75) is 25.4 Å². The van der Waals surface area contributed by atoms with Crippen molar-refractivity contribution in [3.63, 3.8) is 0 Å². The standard InChI is InChI=1S/C8H10ClFN2/c1-5-6(8(10)3-4-8)11-12(2)7(5)9/h3-4H2,1-2H3. The van der Waals surface area contributed by atoms with Crippen LogP contribution in [0.1, 0.15) is 24.1 Å². The van der Waals surface area contributed by atoms with Crippen LogP contribution in [0.3, 0.4) is 0 Å². The number of aryl methyl sites for hydroxylation is 1. The highest BCUT2D eigenvalue weighted by Gasteiger charge is 2.48. The van der Waals surface area contributed by atoms with Crippen LogP contribution in [0.5, 0.6) is 0 Å². The highest BCUT2D eigenvalue weighted by atomic mass is 35.5. The van der Waals surface area contributed by atoms with Crippen molar-refractivity contribution in [3.8, 4) is 0 Å².